The number of rotatable bonds is 3. The Labute approximate surface area is 87.8 Å². The summed E-state index contributed by atoms with van der Waals surface area (Å²) in [6.45, 7) is 3.67. The monoisotopic (exact) mass is 196 g/mol. The molecule has 0 amide bonds. The topological polar surface area (TPSA) is 29.3 Å². The second-order valence-corrected chi connectivity index (χ2v) is 5.61. The van der Waals surface area contributed by atoms with E-state index in [9.17, 15) is 0 Å². The molecule has 2 heteroatoms. The van der Waals surface area contributed by atoms with E-state index >= 15 is 0 Å². The number of nitrogens with zero attached hydrogens (tertiary/aromatic N) is 1. The molecule has 82 valence electrons. The fraction of sp³-hybridized carbons (Fsp3) is 1.00. The first-order valence-corrected chi connectivity index (χ1v) is 6.11. The van der Waals surface area contributed by atoms with E-state index in [-0.39, 0.29) is 0 Å². The molecule has 2 aliphatic carbocycles. The third-order valence-electron chi connectivity index (χ3n) is 4.09. The largest absolute Gasteiger partial charge is 0.328 e. The van der Waals surface area contributed by atoms with Crippen molar-refractivity contribution in [3.63, 3.8) is 0 Å². The molecule has 2 saturated carbocycles. The van der Waals surface area contributed by atoms with E-state index in [4.69, 9.17) is 5.73 Å². The van der Waals surface area contributed by atoms with E-state index in [1.807, 2.05) is 0 Å². The van der Waals surface area contributed by atoms with Crippen molar-refractivity contribution < 1.29 is 0 Å². The minimum atomic E-state index is 0.475. The zero-order chi connectivity index (χ0) is 10.1. The maximum absolute atomic E-state index is 5.94. The second-order valence-electron chi connectivity index (χ2n) is 5.61. The Kier molecular flexibility index (Phi) is 3.13. The molecule has 0 radical (unpaired) electrons. The van der Waals surface area contributed by atoms with Crippen LogP contribution < -0.4 is 5.73 Å². The molecule has 0 bridgehead atoms. The Morgan fingerprint density at radius 1 is 1.21 bits per heavy atom. The Morgan fingerprint density at radius 2 is 1.93 bits per heavy atom. The van der Waals surface area contributed by atoms with E-state index in [1.54, 1.807) is 0 Å². The lowest BCUT2D eigenvalue weighted by molar-refractivity contribution is 0.124. The number of hydrogen-bond acceptors (Lipinski definition) is 2. The summed E-state index contributed by atoms with van der Waals surface area (Å²) in [6.07, 6.45) is 6.67. The van der Waals surface area contributed by atoms with Crippen molar-refractivity contribution in [3.8, 4) is 0 Å². The zero-order valence-corrected chi connectivity index (χ0v) is 9.58. The number of hydrogen-bond donors (Lipinski definition) is 1. The molecule has 0 aliphatic heterocycles. The van der Waals surface area contributed by atoms with Crippen LogP contribution in [0.5, 0.6) is 0 Å². The van der Waals surface area contributed by atoms with Crippen LogP contribution in [0.3, 0.4) is 0 Å². The maximum Gasteiger partial charge on any atom is 0.0108 e. The van der Waals surface area contributed by atoms with E-state index < -0.39 is 0 Å². The Balaban J connectivity index is 1.70. The molecule has 2 aliphatic rings. The lowest BCUT2D eigenvalue weighted by Crippen LogP contribution is -2.38. The van der Waals surface area contributed by atoms with Gasteiger partial charge in [0.15, 0.2) is 0 Å². The standard InChI is InChI=1S/C12H24N2/c1-9-5-10(6-9)8-14(2)12-4-3-11(13)7-12/h9-12H,3-8,13H2,1-2H3. The first-order chi connectivity index (χ1) is 6.65. The molecule has 2 fully saturated rings. The molecule has 2 atom stereocenters. The summed E-state index contributed by atoms with van der Waals surface area (Å²) in [5, 5.41) is 0. The highest BCUT2D eigenvalue weighted by atomic mass is 15.1. The van der Waals surface area contributed by atoms with Crippen LogP contribution in [0.1, 0.15) is 39.0 Å². The molecule has 0 aromatic heterocycles. The zero-order valence-electron chi connectivity index (χ0n) is 9.58. The Morgan fingerprint density at radius 3 is 2.43 bits per heavy atom. The van der Waals surface area contributed by atoms with Crippen molar-refractivity contribution in [1.29, 1.82) is 0 Å². The summed E-state index contributed by atoms with van der Waals surface area (Å²) in [7, 11) is 2.28. The molecular weight excluding hydrogens is 172 g/mol. The summed E-state index contributed by atoms with van der Waals surface area (Å²) < 4.78 is 0. The van der Waals surface area contributed by atoms with Gasteiger partial charge in [-0.25, -0.2) is 0 Å². The molecule has 2 nitrogen and oxygen atoms in total. The highest BCUT2D eigenvalue weighted by Gasteiger charge is 2.30. The predicted octanol–water partition coefficient (Wildman–Crippen LogP) is 1.84. The van der Waals surface area contributed by atoms with Crippen molar-refractivity contribution >= 4 is 0 Å². The van der Waals surface area contributed by atoms with Crippen LogP contribution in [-0.2, 0) is 0 Å². The number of nitrogens with two attached hydrogens (primary N) is 1. The van der Waals surface area contributed by atoms with E-state index in [1.165, 1.54) is 38.6 Å². The van der Waals surface area contributed by atoms with Gasteiger partial charge < -0.3 is 10.6 Å². The fourth-order valence-corrected chi connectivity index (χ4v) is 3.17. The highest BCUT2D eigenvalue weighted by molar-refractivity contribution is 4.86. The lowest BCUT2D eigenvalue weighted by atomic mass is 9.76. The van der Waals surface area contributed by atoms with E-state index in [2.05, 4.69) is 18.9 Å². The molecule has 0 spiro atoms. The average molecular weight is 196 g/mol. The normalized spacial score (nSPS) is 42.9. The third-order valence-corrected chi connectivity index (χ3v) is 4.09. The quantitative estimate of drug-likeness (QED) is 0.746. The molecule has 0 heterocycles. The lowest BCUT2D eigenvalue weighted by Gasteiger charge is -2.37. The molecular formula is C12H24N2. The van der Waals surface area contributed by atoms with Gasteiger partial charge in [-0.3, -0.25) is 0 Å². The Hall–Kier alpha value is -0.0800. The van der Waals surface area contributed by atoms with Gasteiger partial charge in [0.1, 0.15) is 0 Å². The van der Waals surface area contributed by atoms with E-state index in [0.29, 0.717) is 6.04 Å². The summed E-state index contributed by atoms with van der Waals surface area (Å²) in [5.41, 5.74) is 5.94. The van der Waals surface area contributed by atoms with E-state index in [0.717, 1.165) is 17.9 Å². The Bertz CT molecular complexity index is 187. The van der Waals surface area contributed by atoms with Gasteiger partial charge in [0.05, 0.1) is 0 Å². The minimum Gasteiger partial charge on any atom is -0.328 e. The molecule has 2 rings (SSSR count). The first kappa shape index (κ1) is 10.4. The summed E-state index contributed by atoms with van der Waals surface area (Å²) >= 11 is 0. The third kappa shape index (κ3) is 2.29. The van der Waals surface area contributed by atoms with Crippen molar-refractivity contribution in [2.45, 2.75) is 51.1 Å². The van der Waals surface area contributed by atoms with Gasteiger partial charge in [-0.05, 0) is 51.0 Å². The highest BCUT2D eigenvalue weighted by Crippen LogP contribution is 2.34. The van der Waals surface area contributed by atoms with Crippen LogP contribution in [0.15, 0.2) is 0 Å². The van der Waals surface area contributed by atoms with Crippen LogP contribution >= 0.6 is 0 Å². The van der Waals surface area contributed by atoms with Crippen LogP contribution in [0.25, 0.3) is 0 Å². The van der Waals surface area contributed by atoms with Gasteiger partial charge in [-0.2, -0.15) is 0 Å². The van der Waals surface area contributed by atoms with Gasteiger partial charge in [-0.15, -0.1) is 0 Å². The molecule has 2 unspecified atom stereocenters. The molecule has 0 saturated heterocycles. The first-order valence-electron chi connectivity index (χ1n) is 6.11. The van der Waals surface area contributed by atoms with Crippen molar-refractivity contribution in [2.75, 3.05) is 13.6 Å². The molecule has 2 N–H and O–H groups in total. The molecule has 14 heavy (non-hydrogen) atoms. The summed E-state index contributed by atoms with van der Waals surface area (Å²) in [4.78, 5) is 2.56. The van der Waals surface area contributed by atoms with Crippen LogP contribution in [0.4, 0.5) is 0 Å². The van der Waals surface area contributed by atoms with Crippen LogP contribution in [0.2, 0.25) is 0 Å². The van der Waals surface area contributed by atoms with Crippen LogP contribution in [0, 0.1) is 11.8 Å². The van der Waals surface area contributed by atoms with Crippen LogP contribution in [-0.4, -0.2) is 30.6 Å². The SMILES string of the molecule is CC1CC(CN(C)C2CCC(N)C2)C1. The smallest absolute Gasteiger partial charge is 0.0108 e. The average Bonchev–Trinajstić information content (AvgIpc) is 2.49. The van der Waals surface area contributed by atoms with Crippen molar-refractivity contribution in [3.05, 3.63) is 0 Å². The maximum atomic E-state index is 5.94. The van der Waals surface area contributed by atoms with Crippen molar-refractivity contribution in [2.24, 2.45) is 17.6 Å². The van der Waals surface area contributed by atoms with Gasteiger partial charge >= 0.3 is 0 Å². The molecule has 0 aromatic rings. The minimum absolute atomic E-state index is 0.475. The summed E-state index contributed by atoms with van der Waals surface area (Å²) in [5.74, 6) is 1.96. The van der Waals surface area contributed by atoms with Crippen molar-refractivity contribution in [1.82, 2.24) is 4.90 Å². The summed E-state index contributed by atoms with van der Waals surface area (Å²) in [6, 6.07) is 1.25. The molecule has 0 aromatic carbocycles. The van der Waals surface area contributed by atoms with Gasteiger partial charge in [0, 0.05) is 18.6 Å². The van der Waals surface area contributed by atoms with Gasteiger partial charge in [0.25, 0.3) is 0 Å². The van der Waals surface area contributed by atoms with Gasteiger partial charge in [0.2, 0.25) is 0 Å². The second kappa shape index (κ2) is 4.19. The van der Waals surface area contributed by atoms with Gasteiger partial charge in [-0.1, -0.05) is 6.92 Å². The predicted molar refractivity (Wildman–Crippen MR) is 60.1 cm³/mol. The fourth-order valence-electron chi connectivity index (χ4n) is 3.17.